The summed E-state index contributed by atoms with van der Waals surface area (Å²) in [6.07, 6.45) is -0.381. The lowest BCUT2D eigenvalue weighted by molar-refractivity contribution is -0.143. The van der Waals surface area contributed by atoms with Crippen molar-refractivity contribution in [1.82, 2.24) is 5.32 Å². The molecule has 0 radical (unpaired) electrons. The van der Waals surface area contributed by atoms with E-state index in [1.165, 1.54) is 7.11 Å². The van der Waals surface area contributed by atoms with Crippen LogP contribution in [0, 0.1) is 0 Å². The van der Waals surface area contributed by atoms with Gasteiger partial charge in [0, 0.05) is 6.42 Å². The summed E-state index contributed by atoms with van der Waals surface area (Å²) in [5, 5.41) is 2.41. The van der Waals surface area contributed by atoms with Crippen LogP contribution in [0.1, 0.15) is 5.56 Å². The standard InChI is InChI=1S/C12H14ClNO4/c1-17-12(16)14-10(11(15)18-8-13)7-9-5-3-2-4-6-9/h2-6,10H,7-8H2,1H3,(H,14,16). The second-order valence-electron chi connectivity index (χ2n) is 3.45. The molecule has 1 aromatic carbocycles. The van der Waals surface area contributed by atoms with Crippen molar-refractivity contribution in [2.75, 3.05) is 13.2 Å². The highest BCUT2D eigenvalue weighted by atomic mass is 35.5. The number of carbonyl (C=O) groups is 2. The van der Waals surface area contributed by atoms with Gasteiger partial charge in [0.25, 0.3) is 0 Å². The number of rotatable bonds is 5. The Labute approximate surface area is 110 Å². The van der Waals surface area contributed by atoms with Gasteiger partial charge < -0.3 is 14.8 Å². The molecule has 0 aliphatic heterocycles. The molecule has 1 aromatic rings. The lowest BCUT2D eigenvalue weighted by Gasteiger charge is -2.16. The molecule has 1 unspecified atom stereocenters. The maximum atomic E-state index is 11.6. The number of nitrogens with one attached hydrogen (secondary N) is 1. The molecule has 0 heterocycles. The second-order valence-corrected chi connectivity index (χ2v) is 3.67. The molecule has 1 rings (SSSR count). The molecule has 0 aromatic heterocycles. The molecular weight excluding hydrogens is 258 g/mol. The third kappa shape index (κ3) is 4.63. The van der Waals surface area contributed by atoms with Crippen LogP contribution >= 0.6 is 11.6 Å². The van der Waals surface area contributed by atoms with Crippen LogP contribution in [0.15, 0.2) is 30.3 Å². The minimum Gasteiger partial charge on any atom is -0.453 e. The van der Waals surface area contributed by atoms with E-state index in [9.17, 15) is 9.59 Å². The molecule has 98 valence electrons. The highest BCUT2D eigenvalue weighted by molar-refractivity contribution is 6.17. The van der Waals surface area contributed by atoms with Gasteiger partial charge in [0.15, 0.2) is 6.07 Å². The van der Waals surface area contributed by atoms with E-state index in [1.54, 1.807) is 0 Å². The number of esters is 1. The van der Waals surface area contributed by atoms with Crippen LogP contribution in [0.4, 0.5) is 4.79 Å². The van der Waals surface area contributed by atoms with Crippen LogP contribution in [0.5, 0.6) is 0 Å². The van der Waals surface area contributed by atoms with Gasteiger partial charge in [-0.25, -0.2) is 9.59 Å². The van der Waals surface area contributed by atoms with E-state index >= 15 is 0 Å². The first-order valence-corrected chi connectivity index (χ1v) is 5.82. The Morgan fingerprint density at radius 2 is 2.00 bits per heavy atom. The minimum absolute atomic E-state index is 0.257. The van der Waals surface area contributed by atoms with Crippen molar-refractivity contribution >= 4 is 23.7 Å². The second kappa shape index (κ2) is 7.55. The Balaban J connectivity index is 2.71. The van der Waals surface area contributed by atoms with Gasteiger partial charge in [0.05, 0.1) is 7.11 Å². The number of alkyl carbamates (subject to hydrolysis) is 1. The van der Waals surface area contributed by atoms with E-state index in [4.69, 9.17) is 11.6 Å². The number of hydrogen-bond acceptors (Lipinski definition) is 4. The highest BCUT2D eigenvalue weighted by Gasteiger charge is 2.22. The third-order valence-corrected chi connectivity index (χ3v) is 2.35. The number of hydrogen-bond donors (Lipinski definition) is 1. The summed E-state index contributed by atoms with van der Waals surface area (Å²) in [6.45, 7) is 0. The van der Waals surface area contributed by atoms with Gasteiger partial charge in [-0.05, 0) is 5.56 Å². The van der Waals surface area contributed by atoms with Crippen molar-refractivity contribution in [1.29, 1.82) is 0 Å². The average Bonchev–Trinajstić information content (AvgIpc) is 2.39. The molecule has 1 N–H and O–H groups in total. The van der Waals surface area contributed by atoms with Crippen molar-refractivity contribution in [3.8, 4) is 0 Å². The number of alkyl halides is 1. The Morgan fingerprint density at radius 3 is 2.56 bits per heavy atom. The molecule has 0 spiro atoms. The van der Waals surface area contributed by atoms with E-state index in [-0.39, 0.29) is 6.07 Å². The Bertz CT molecular complexity index is 396. The van der Waals surface area contributed by atoms with Crippen molar-refractivity contribution in [2.24, 2.45) is 0 Å². The van der Waals surface area contributed by atoms with Gasteiger partial charge in [-0.3, -0.25) is 0 Å². The van der Waals surface area contributed by atoms with Crippen LogP contribution < -0.4 is 5.32 Å². The van der Waals surface area contributed by atoms with E-state index in [2.05, 4.69) is 14.8 Å². The molecular formula is C12H14ClNO4. The number of halogens is 1. The van der Waals surface area contributed by atoms with Crippen molar-refractivity contribution in [2.45, 2.75) is 12.5 Å². The lowest BCUT2D eigenvalue weighted by Crippen LogP contribution is -2.43. The van der Waals surface area contributed by atoms with Crippen molar-refractivity contribution < 1.29 is 19.1 Å². The first-order chi connectivity index (χ1) is 8.67. The Kier molecular flexibility index (Phi) is 6.00. The molecule has 0 bridgehead atoms. The topological polar surface area (TPSA) is 64.6 Å². The first-order valence-electron chi connectivity index (χ1n) is 5.28. The predicted molar refractivity (Wildman–Crippen MR) is 66.3 cm³/mol. The summed E-state index contributed by atoms with van der Waals surface area (Å²) in [6, 6.07) is 8.17. The van der Waals surface area contributed by atoms with Crippen LogP contribution in [0.25, 0.3) is 0 Å². The van der Waals surface area contributed by atoms with Crippen molar-refractivity contribution in [3.63, 3.8) is 0 Å². The van der Waals surface area contributed by atoms with Gasteiger partial charge >= 0.3 is 12.1 Å². The predicted octanol–water partition coefficient (Wildman–Crippen LogP) is 1.69. The summed E-state index contributed by atoms with van der Waals surface area (Å²) in [5.74, 6) is -0.598. The van der Waals surface area contributed by atoms with Crippen LogP contribution in [-0.4, -0.2) is 31.3 Å². The zero-order chi connectivity index (χ0) is 13.4. The smallest absolute Gasteiger partial charge is 0.407 e. The van der Waals surface area contributed by atoms with E-state index in [0.717, 1.165) is 5.56 Å². The third-order valence-electron chi connectivity index (χ3n) is 2.24. The van der Waals surface area contributed by atoms with Gasteiger partial charge in [0.1, 0.15) is 6.04 Å². The largest absolute Gasteiger partial charge is 0.453 e. The fraction of sp³-hybridized carbons (Fsp3) is 0.333. The summed E-state index contributed by atoms with van der Waals surface area (Å²) >= 11 is 5.33. The molecule has 1 amide bonds. The quantitative estimate of drug-likeness (QED) is 0.654. The molecule has 0 aliphatic rings. The number of carbonyl (C=O) groups excluding carboxylic acids is 2. The number of methoxy groups -OCH3 is 1. The monoisotopic (exact) mass is 271 g/mol. The lowest BCUT2D eigenvalue weighted by atomic mass is 10.1. The fourth-order valence-corrected chi connectivity index (χ4v) is 1.51. The Morgan fingerprint density at radius 1 is 1.33 bits per heavy atom. The van der Waals surface area contributed by atoms with Crippen LogP contribution in [0.2, 0.25) is 0 Å². The number of ether oxygens (including phenoxy) is 2. The fourth-order valence-electron chi connectivity index (χ4n) is 1.40. The zero-order valence-corrected chi connectivity index (χ0v) is 10.6. The molecule has 0 saturated heterocycles. The summed E-state index contributed by atoms with van der Waals surface area (Å²) in [7, 11) is 1.22. The Hall–Kier alpha value is -1.75. The van der Waals surface area contributed by atoms with Crippen LogP contribution in [0.3, 0.4) is 0 Å². The van der Waals surface area contributed by atoms with Crippen molar-refractivity contribution in [3.05, 3.63) is 35.9 Å². The van der Waals surface area contributed by atoms with Gasteiger partial charge in [0.2, 0.25) is 0 Å². The maximum Gasteiger partial charge on any atom is 0.407 e. The molecule has 18 heavy (non-hydrogen) atoms. The van der Waals surface area contributed by atoms with Gasteiger partial charge in [-0.2, -0.15) is 0 Å². The number of amides is 1. The van der Waals surface area contributed by atoms with Crippen LogP contribution in [-0.2, 0) is 20.7 Å². The highest BCUT2D eigenvalue weighted by Crippen LogP contribution is 2.05. The SMILES string of the molecule is COC(=O)NC(Cc1ccccc1)C(=O)OCCl. The summed E-state index contributed by atoms with van der Waals surface area (Å²) in [5.41, 5.74) is 0.894. The maximum absolute atomic E-state index is 11.6. The molecule has 0 aliphatic carbocycles. The van der Waals surface area contributed by atoms with E-state index in [1.807, 2.05) is 30.3 Å². The van der Waals surface area contributed by atoms with E-state index < -0.39 is 18.1 Å². The summed E-state index contributed by atoms with van der Waals surface area (Å²) in [4.78, 5) is 22.8. The zero-order valence-electron chi connectivity index (χ0n) is 9.89. The molecule has 0 fully saturated rings. The number of benzene rings is 1. The van der Waals surface area contributed by atoms with E-state index in [0.29, 0.717) is 6.42 Å². The first kappa shape index (κ1) is 14.3. The summed E-state index contributed by atoms with van der Waals surface area (Å²) < 4.78 is 9.13. The van der Waals surface area contributed by atoms with Gasteiger partial charge in [-0.15, -0.1) is 0 Å². The normalized spacial score (nSPS) is 11.4. The molecule has 0 saturated carbocycles. The minimum atomic E-state index is -0.821. The van der Waals surface area contributed by atoms with Gasteiger partial charge in [-0.1, -0.05) is 41.9 Å². The average molecular weight is 272 g/mol. The molecule has 1 atom stereocenters. The molecule has 5 nitrogen and oxygen atoms in total. The molecule has 6 heteroatoms.